The van der Waals surface area contributed by atoms with Gasteiger partial charge in [-0.3, -0.25) is 9.59 Å². The summed E-state index contributed by atoms with van der Waals surface area (Å²) in [4.78, 5) is 23.1. The molecule has 0 spiro atoms. The third-order valence-electron chi connectivity index (χ3n) is 3.62. The molecule has 1 unspecified atom stereocenters. The maximum absolute atomic E-state index is 12.0. The van der Waals surface area contributed by atoms with Crippen molar-refractivity contribution in [2.45, 2.75) is 31.7 Å². The van der Waals surface area contributed by atoms with Crippen LogP contribution in [0.15, 0.2) is 18.2 Å². The Morgan fingerprint density at radius 1 is 1.32 bits per heavy atom. The summed E-state index contributed by atoms with van der Waals surface area (Å²) in [5.74, 6) is -0.177. The normalized spacial score (nSPS) is 21.3. The molecule has 2 amide bonds. The van der Waals surface area contributed by atoms with Crippen LogP contribution >= 0.6 is 0 Å². The summed E-state index contributed by atoms with van der Waals surface area (Å²) in [6.07, 6.45) is 3.17. The van der Waals surface area contributed by atoms with Crippen molar-refractivity contribution in [1.82, 2.24) is 5.32 Å². The number of carbonyl (C=O) groups excluding carboxylic acids is 2. The predicted octanol–water partition coefficient (Wildman–Crippen LogP) is 1.26. The summed E-state index contributed by atoms with van der Waals surface area (Å²) in [7, 11) is 0. The standard InChI is InChI=1S/C14H17N3O2/c18-13-6-5-12(17-13)14(19)16-10-3-4-11-9(8-10)2-1-7-15-11/h3-4,8,12,15H,1-2,5-7H2,(H,16,19)(H,17,18). The third-order valence-corrected chi connectivity index (χ3v) is 3.62. The third kappa shape index (κ3) is 2.54. The molecule has 1 aromatic rings. The maximum Gasteiger partial charge on any atom is 0.246 e. The zero-order valence-electron chi connectivity index (χ0n) is 10.7. The van der Waals surface area contributed by atoms with Crippen molar-refractivity contribution < 1.29 is 9.59 Å². The Bertz CT molecular complexity index is 527. The van der Waals surface area contributed by atoms with Gasteiger partial charge >= 0.3 is 0 Å². The zero-order chi connectivity index (χ0) is 13.2. The fourth-order valence-corrected chi connectivity index (χ4v) is 2.59. The number of aryl methyl sites for hydroxylation is 1. The summed E-state index contributed by atoms with van der Waals surface area (Å²) in [6, 6.07) is 5.51. The van der Waals surface area contributed by atoms with E-state index in [1.807, 2.05) is 18.2 Å². The Hall–Kier alpha value is -2.04. The highest BCUT2D eigenvalue weighted by Gasteiger charge is 2.27. The molecule has 0 bridgehead atoms. The lowest BCUT2D eigenvalue weighted by atomic mass is 10.0. The average Bonchev–Trinajstić information content (AvgIpc) is 2.85. The van der Waals surface area contributed by atoms with Crippen LogP contribution in [0.2, 0.25) is 0 Å². The molecule has 0 aliphatic carbocycles. The van der Waals surface area contributed by atoms with Crippen molar-refractivity contribution in [2.24, 2.45) is 0 Å². The second-order valence-electron chi connectivity index (χ2n) is 5.05. The van der Waals surface area contributed by atoms with Crippen molar-refractivity contribution >= 4 is 23.2 Å². The molecule has 3 N–H and O–H groups in total. The first-order valence-electron chi connectivity index (χ1n) is 6.69. The van der Waals surface area contributed by atoms with Gasteiger partial charge in [0.05, 0.1) is 0 Å². The van der Waals surface area contributed by atoms with Crippen LogP contribution in [0.4, 0.5) is 11.4 Å². The number of nitrogens with one attached hydrogen (secondary N) is 3. The van der Waals surface area contributed by atoms with Gasteiger partial charge in [0.2, 0.25) is 11.8 Å². The highest BCUT2D eigenvalue weighted by Crippen LogP contribution is 2.25. The van der Waals surface area contributed by atoms with E-state index in [4.69, 9.17) is 0 Å². The summed E-state index contributed by atoms with van der Waals surface area (Å²) in [5, 5.41) is 8.88. The zero-order valence-corrected chi connectivity index (χ0v) is 10.7. The molecule has 19 heavy (non-hydrogen) atoms. The second kappa shape index (κ2) is 4.91. The summed E-state index contributed by atoms with van der Waals surface area (Å²) in [6.45, 7) is 1.01. The van der Waals surface area contributed by atoms with E-state index in [1.165, 1.54) is 5.56 Å². The highest BCUT2D eigenvalue weighted by molar-refractivity contribution is 5.99. The van der Waals surface area contributed by atoms with Gasteiger partial charge in [0.25, 0.3) is 0 Å². The fraction of sp³-hybridized carbons (Fsp3) is 0.429. The van der Waals surface area contributed by atoms with Crippen LogP contribution in [0.1, 0.15) is 24.8 Å². The van der Waals surface area contributed by atoms with Crippen molar-refractivity contribution in [1.29, 1.82) is 0 Å². The monoisotopic (exact) mass is 259 g/mol. The van der Waals surface area contributed by atoms with Crippen LogP contribution < -0.4 is 16.0 Å². The molecule has 2 aliphatic rings. The molecular weight excluding hydrogens is 242 g/mol. The van der Waals surface area contributed by atoms with Crippen LogP contribution in [0, 0.1) is 0 Å². The number of hydrogen-bond donors (Lipinski definition) is 3. The topological polar surface area (TPSA) is 70.2 Å². The van der Waals surface area contributed by atoms with Gasteiger partial charge in [-0.15, -0.1) is 0 Å². The van der Waals surface area contributed by atoms with Crippen LogP contribution in [-0.2, 0) is 16.0 Å². The van der Waals surface area contributed by atoms with E-state index in [-0.39, 0.29) is 17.9 Å². The maximum atomic E-state index is 12.0. The first kappa shape index (κ1) is 12.0. The Kier molecular flexibility index (Phi) is 3.11. The number of rotatable bonds is 2. The fourth-order valence-electron chi connectivity index (χ4n) is 2.59. The number of amides is 2. The molecule has 2 heterocycles. The average molecular weight is 259 g/mol. The molecule has 5 heteroatoms. The summed E-state index contributed by atoms with van der Waals surface area (Å²) in [5.41, 5.74) is 3.19. The molecule has 1 aromatic carbocycles. The molecule has 1 saturated heterocycles. The van der Waals surface area contributed by atoms with E-state index in [2.05, 4.69) is 16.0 Å². The van der Waals surface area contributed by atoms with Crippen LogP contribution in [0.5, 0.6) is 0 Å². The van der Waals surface area contributed by atoms with E-state index in [1.54, 1.807) is 0 Å². The van der Waals surface area contributed by atoms with Gasteiger partial charge in [0, 0.05) is 24.3 Å². The minimum Gasteiger partial charge on any atom is -0.385 e. The first-order chi connectivity index (χ1) is 9.22. The van der Waals surface area contributed by atoms with Crippen molar-refractivity contribution in [3.05, 3.63) is 23.8 Å². The van der Waals surface area contributed by atoms with Crippen LogP contribution in [-0.4, -0.2) is 24.4 Å². The largest absolute Gasteiger partial charge is 0.385 e. The predicted molar refractivity (Wildman–Crippen MR) is 73.0 cm³/mol. The van der Waals surface area contributed by atoms with Gasteiger partial charge in [-0.25, -0.2) is 0 Å². The van der Waals surface area contributed by atoms with E-state index >= 15 is 0 Å². The minimum absolute atomic E-state index is 0.0465. The summed E-state index contributed by atoms with van der Waals surface area (Å²) >= 11 is 0. The van der Waals surface area contributed by atoms with Gasteiger partial charge in [0.15, 0.2) is 0 Å². The SMILES string of the molecule is O=C1CCC(C(=O)Nc2ccc3c(c2)CCCN3)N1. The lowest BCUT2D eigenvalue weighted by Gasteiger charge is -2.19. The lowest BCUT2D eigenvalue weighted by molar-refractivity contribution is -0.122. The highest BCUT2D eigenvalue weighted by atomic mass is 16.2. The van der Waals surface area contributed by atoms with Crippen molar-refractivity contribution in [3.63, 3.8) is 0 Å². The lowest BCUT2D eigenvalue weighted by Crippen LogP contribution is -2.37. The molecule has 0 radical (unpaired) electrons. The quantitative estimate of drug-likeness (QED) is 0.749. The first-order valence-corrected chi connectivity index (χ1v) is 6.69. The summed E-state index contributed by atoms with van der Waals surface area (Å²) < 4.78 is 0. The molecule has 2 aliphatic heterocycles. The molecule has 0 aromatic heterocycles. The van der Waals surface area contributed by atoms with Crippen LogP contribution in [0.3, 0.4) is 0 Å². The molecule has 5 nitrogen and oxygen atoms in total. The van der Waals surface area contributed by atoms with E-state index < -0.39 is 0 Å². The Labute approximate surface area is 111 Å². The van der Waals surface area contributed by atoms with E-state index in [9.17, 15) is 9.59 Å². The Morgan fingerprint density at radius 2 is 2.21 bits per heavy atom. The molecule has 100 valence electrons. The smallest absolute Gasteiger partial charge is 0.246 e. The van der Waals surface area contributed by atoms with Crippen molar-refractivity contribution in [3.8, 4) is 0 Å². The van der Waals surface area contributed by atoms with E-state index in [0.29, 0.717) is 12.8 Å². The van der Waals surface area contributed by atoms with Gasteiger partial charge in [-0.1, -0.05) is 0 Å². The van der Waals surface area contributed by atoms with Crippen molar-refractivity contribution in [2.75, 3.05) is 17.2 Å². The molecule has 1 atom stereocenters. The molecule has 1 fully saturated rings. The van der Waals surface area contributed by atoms with Gasteiger partial charge in [-0.05, 0) is 43.0 Å². The molecule has 0 saturated carbocycles. The Morgan fingerprint density at radius 3 is 3.00 bits per heavy atom. The second-order valence-corrected chi connectivity index (χ2v) is 5.05. The van der Waals surface area contributed by atoms with Gasteiger partial charge in [0.1, 0.15) is 6.04 Å². The molecular formula is C14H17N3O2. The minimum atomic E-state index is -0.387. The number of benzene rings is 1. The van der Waals surface area contributed by atoms with Gasteiger partial charge in [-0.2, -0.15) is 0 Å². The Balaban J connectivity index is 1.69. The number of anilines is 2. The number of hydrogen-bond acceptors (Lipinski definition) is 3. The van der Waals surface area contributed by atoms with E-state index in [0.717, 1.165) is 30.8 Å². The molecule has 3 rings (SSSR count). The number of carbonyl (C=O) groups is 2. The van der Waals surface area contributed by atoms with Crippen LogP contribution in [0.25, 0.3) is 0 Å². The number of fused-ring (bicyclic) bond motifs is 1. The van der Waals surface area contributed by atoms with Gasteiger partial charge < -0.3 is 16.0 Å².